The Labute approximate surface area is 171 Å². The molecule has 0 saturated carbocycles. The van der Waals surface area contributed by atoms with Crippen LogP contribution in [0.1, 0.15) is 31.8 Å². The second-order valence-corrected chi connectivity index (χ2v) is 6.65. The van der Waals surface area contributed by atoms with Gasteiger partial charge in [0.2, 0.25) is 5.91 Å². The number of benzene rings is 3. The number of nitrogens with one attached hydrogen (secondary N) is 1. The molecule has 5 nitrogen and oxygen atoms in total. The van der Waals surface area contributed by atoms with Crippen molar-refractivity contribution in [3.05, 3.63) is 107 Å². The largest absolute Gasteiger partial charge is 0.368 e. The predicted molar refractivity (Wildman–Crippen MR) is 107 cm³/mol. The Balaban J connectivity index is 1.71. The number of carbonyl (C=O) groups is 3. The molecule has 0 fully saturated rings. The normalized spacial score (nSPS) is 11.5. The number of primary amides is 1. The summed E-state index contributed by atoms with van der Waals surface area (Å²) in [5.74, 6) is -3.70. The first kappa shape index (κ1) is 20.9. The molecule has 0 aromatic heterocycles. The van der Waals surface area contributed by atoms with Crippen molar-refractivity contribution >= 4 is 17.6 Å². The molecule has 0 saturated heterocycles. The van der Waals surface area contributed by atoms with Gasteiger partial charge in [-0.2, -0.15) is 0 Å². The highest BCUT2D eigenvalue weighted by Crippen LogP contribution is 2.14. The van der Waals surface area contributed by atoms with Gasteiger partial charge in [0, 0.05) is 23.6 Å². The van der Waals surface area contributed by atoms with Gasteiger partial charge < -0.3 is 11.1 Å². The molecule has 0 spiro atoms. The number of hydrogen-bond donors (Lipinski definition) is 2. The van der Waals surface area contributed by atoms with Crippen molar-refractivity contribution in [2.24, 2.45) is 5.73 Å². The first-order valence-electron chi connectivity index (χ1n) is 9.09. The number of carbonyl (C=O) groups excluding carboxylic acids is 3. The van der Waals surface area contributed by atoms with Crippen LogP contribution in [0.2, 0.25) is 0 Å². The second-order valence-electron chi connectivity index (χ2n) is 6.65. The first-order chi connectivity index (χ1) is 14.3. The van der Waals surface area contributed by atoms with Crippen LogP contribution in [0.15, 0.2) is 72.8 Å². The Hall–Kier alpha value is -3.87. The molecule has 0 heterocycles. The molecule has 3 N–H and O–H groups in total. The SMILES string of the molecule is NC(=O)[C@@H](Cc1ccc(C(=O)c2ccccc2)cc1)NC(=O)c1ccc(F)cc1F. The van der Waals surface area contributed by atoms with Crippen LogP contribution < -0.4 is 11.1 Å². The number of rotatable bonds is 7. The zero-order valence-corrected chi connectivity index (χ0v) is 15.8. The molecule has 0 unspecified atom stereocenters. The van der Waals surface area contributed by atoms with E-state index >= 15 is 0 Å². The number of nitrogens with two attached hydrogens (primary N) is 1. The van der Waals surface area contributed by atoms with Gasteiger partial charge in [-0.3, -0.25) is 14.4 Å². The number of amides is 2. The van der Waals surface area contributed by atoms with Crippen molar-refractivity contribution in [1.29, 1.82) is 0 Å². The summed E-state index contributed by atoms with van der Waals surface area (Å²) in [6.45, 7) is 0. The van der Waals surface area contributed by atoms with E-state index in [0.29, 0.717) is 22.8 Å². The molecular formula is C23H18F2N2O3. The van der Waals surface area contributed by atoms with Crippen molar-refractivity contribution in [2.45, 2.75) is 12.5 Å². The zero-order valence-electron chi connectivity index (χ0n) is 15.8. The van der Waals surface area contributed by atoms with E-state index in [1.807, 2.05) is 6.07 Å². The van der Waals surface area contributed by atoms with Crippen molar-refractivity contribution in [3.8, 4) is 0 Å². The Morgan fingerprint density at radius 1 is 0.867 bits per heavy atom. The summed E-state index contributed by atoms with van der Waals surface area (Å²) in [5, 5.41) is 2.36. The van der Waals surface area contributed by atoms with E-state index in [0.717, 1.165) is 12.1 Å². The van der Waals surface area contributed by atoms with Gasteiger partial charge >= 0.3 is 0 Å². The predicted octanol–water partition coefficient (Wildman–Crippen LogP) is 3.02. The summed E-state index contributed by atoms with van der Waals surface area (Å²) >= 11 is 0. The average molecular weight is 408 g/mol. The van der Waals surface area contributed by atoms with Gasteiger partial charge in [0.25, 0.3) is 5.91 Å². The molecule has 3 aromatic carbocycles. The van der Waals surface area contributed by atoms with Crippen LogP contribution in [0.4, 0.5) is 8.78 Å². The molecule has 0 aliphatic carbocycles. The molecular weight excluding hydrogens is 390 g/mol. The quantitative estimate of drug-likeness (QED) is 0.589. The summed E-state index contributed by atoms with van der Waals surface area (Å²) < 4.78 is 26.8. The summed E-state index contributed by atoms with van der Waals surface area (Å²) in [6.07, 6.45) is 0.0453. The molecule has 0 bridgehead atoms. The van der Waals surface area contributed by atoms with Gasteiger partial charge in [-0.25, -0.2) is 8.78 Å². The van der Waals surface area contributed by atoms with Crippen LogP contribution in [-0.4, -0.2) is 23.6 Å². The molecule has 0 aliphatic rings. The molecule has 152 valence electrons. The van der Waals surface area contributed by atoms with E-state index in [4.69, 9.17) is 5.73 Å². The monoisotopic (exact) mass is 408 g/mol. The van der Waals surface area contributed by atoms with Crippen molar-refractivity contribution < 1.29 is 23.2 Å². The second kappa shape index (κ2) is 9.09. The summed E-state index contributed by atoms with van der Waals surface area (Å²) in [7, 11) is 0. The highest BCUT2D eigenvalue weighted by Gasteiger charge is 2.22. The third-order valence-electron chi connectivity index (χ3n) is 4.52. The minimum absolute atomic E-state index is 0.0453. The Kier molecular flexibility index (Phi) is 6.32. The molecule has 0 aliphatic heterocycles. The molecule has 0 radical (unpaired) electrons. The van der Waals surface area contributed by atoms with Gasteiger partial charge in [0.05, 0.1) is 5.56 Å². The van der Waals surface area contributed by atoms with Crippen LogP contribution in [-0.2, 0) is 11.2 Å². The maximum absolute atomic E-state index is 13.8. The van der Waals surface area contributed by atoms with E-state index in [1.165, 1.54) is 0 Å². The maximum Gasteiger partial charge on any atom is 0.254 e. The highest BCUT2D eigenvalue weighted by molar-refractivity contribution is 6.09. The fourth-order valence-electron chi connectivity index (χ4n) is 2.92. The van der Waals surface area contributed by atoms with E-state index in [2.05, 4.69) is 5.32 Å². The Morgan fingerprint density at radius 2 is 1.50 bits per heavy atom. The third kappa shape index (κ3) is 4.94. The Bertz CT molecular complexity index is 1080. The lowest BCUT2D eigenvalue weighted by Gasteiger charge is -2.16. The highest BCUT2D eigenvalue weighted by atomic mass is 19.1. The molecule has 30 heavy (non-hydrogen) atoms. The lowest BCUT2D eigenvalue weighted by Crippen LogP contribution is -2.46. The molecule has 3 rings (SSSR count). The van der Waals surface area contributed by atoms with Crippen molar-refractivity contribution in [2.75, 3.05) is 0 Å². The van der Waals surface area contributed by atoms with Gasteiger partial charge in [-0.05, 0) is 17.7 Å². The molecule has 7 heteroatoms. The fraction of sp³-hybridized carbons (Fsp3) is 0.0870. The van der Waals surface area contributed by atoms with Gasteiger partial charge in [0.1, 0.15) is 17.7 Å². The third-order valence-corrected chi connectivity index (χ3v) is 4.52. The van der Waals surface area contributed by atoms with E-state index in [-0.39, 0.29) is 12.2 Å². The van der Waals surface area contributed by atoms with Crippen LogP contribution in [0.3, 0.4) is 0 Å². The van der Waals surface area contributed by atoms with Crippen molar-refractivity contribution in [3.63, 3.8) is 0 Å². The lowest BCUT2D eigenvalue weighted by molar-refractivity contribution is -0.119. The van der Waals surface area contributed by atoms with Crippen LogP contribution in [0.5, 0.6) is 0 Å². The van der Waals surface area contributed by atoms with Gasteiger partial charge in [-0.15, -0.1) is 0 Å². The average Bonchev–Trinajstić information content (AvgIpc) is 2.73. The smallest absolute Gasteiger partial charge is 0.254 e. The topological polar surface area (TPSA) is 89.3 Å². The standard InChI is InChI=1S/C23H18F2N2O3/c24-17-10-11-18(19(25)13-17)23(30)27-20(22(26)29)12-14-6-8-16(9-7-14)21(28)15-4-2-1-3-5-15/h1-11,13,20H,12H2,(H2,26,29)(H,27,30)/t20-/m1/s1. The number of hydrogen-bond acceptors (Lipinski definition) is 3. The molecule has 3 aromatic rings. The molecule has 1 atom stereocenters. The summed E-state index contributed by atoms with van der Waals surface area (Å²) in [6, 6.07) is 16.7. The summed E-state index contributed by atoms with van der Waals surface area (Å²) in [4.78, 5) is 36.5. The minimum Gasteiger partial charge on any atom is -0.368 e. The van der Waals surface area contributed by atoms with E-state index in [1.54, 1.807) is 48.5 Å². The number of ketones is 1. The van der Waals surface area contributed by atoms with E-state index in [9.17, 15) is 23.2 Å². The Morgan fingerprint density at radius 3 is 2.10 bits per heavy atom. The van der Waals surface area contributed by atoms with Crippen molar-refractivity contribution in [1.82, 2.24) is 5.32 Å². The minimum atomic E-state index is -1.11. The first-order valence-corrected chi connectivity index (χ1v) is 9.09. The zero-order chi connectivity index (χ0) is 21.7. The maximum atomic E-state index is 13.8. The number of halogens is 2. The lowest BCUT2D eigenvalue weighted by atomic mass is 9.99. The molecule has 2 amide bonds. The summed E-state index contributed by atoms with van der Waals surface area (Å²) in [5.41, 5.74) is 6.63. The van der Waals surface area contributed by atoms with Gasteiger partial charge in [-0.1, -0.05) is 54.6 Å². The van der Waals surface area contributed by atoms with Crippen LogP contribution >= 0.6 is 0 Å². The van der Waals surface area contributed by atoms with Crippen LogP contribution in [0.25, 0.3) is 0 Å². The van der Waals surface area contributed by atoms with E-state index < -0.39 is 35.1 Å². The fourth-order valence-corrected chi connectivity index (χ4v) is 2.92. The van der Waals surface area contributed by atoms with Gasteiger partial charge in [0.15, 0.2) is 5.78 Å². The van der Waals surface area contributed by atoms with Crippen LogP contribution in [0, 0.1) is 11.6 Å².